The van der Waals surface area contributed by atoms with E-state index < -0.39 is 9.84 Å². The molecule has 0 spiro atoms. The SMILES string of the molecule is COc1ccccc1/C=C/S(=O)(=O)c1cc(-c2cnc(N)nc2)cc(N2CCOCC2)c1. The number of nitrogens with two attached hydrogens (primary N) is 1. The lowest BCUT2D eigenvalue weighted by molar-refractivity contribution is 0.122. The number of ether oxygens (including phenoxy) is 2. The number of methoxy groups -OCH3 is 1. The minimum absolute atomic E-state index is 0.158. The molecule has 1 aliphatic rings. The third kappa shape index (κ3) is 4.90. The molecule has 1 aromatic heterocycles. The number of hydrogen-bond donors (Lipinski definition) is 1. The lowest BCUT2D eigenvalue weighted by atomic mass is 10.1. The lowest BCUT2D eigenvalue weighted by Gasteiger charge is -2.29. The minimum Gasteiger partial charge on any atom is -0.496 e. The molecule has 0 saturated carbocycles. The Morgan fingerprint density at radius 3 is 2.50 bits per heavy atom. The molecule has 0 bridgehead atoms. The number of hydrogen-bond acceptors (Lipinski definition) is 8. The Bertz CT molecular complexity index is 1220. The Labute approximate surface area is 187 Å². The second-order valence-electron chi connectivity index (χ2n) is 7.23. The van der Waals surface area contributed by atoms with Crippen LogP contribution in [-0.2, 0) is 14.6 Å². The van der Waals surface area contributed by atoms with Gasteiger partial charge in [0.1, 0.15) is 5.75 Å². The van der Waals surface area contributed by atoms with E-state index in [-0.39, 0.29) is 10.8 Å². The highest BCUT2D eigenvalue weighted by atomic mass is 32.2. The van der Waals surface area contributed by atoms with Crippen LogP contribution in [0.2, 0.25) is 0 Å². The topological polar surface area (TPSA) is 108 Å². The van der Waals surface area contributed by atoms with E-state index in [1.807, 2.05) is 18.2 Å². The van der Waals surface area contributed by atoms with Crippen LogP contribution < -0.4 is 15.4 Å². The standard InChI is InChI=1S/C23H24N4O4S/c1-30-22-5-3-2-4-17(22)6-11-32(28,29)21-13-18(19-15-25-23(24)26-16-19)12-20(14-21)27-7-9-31-10-8-27/h2-6,11-16H,7-10H2,1H3,(H2,24,25,26)/b11-6+. The van der Waals surface area contributed by atoms with Gasteiger partial charge < -0.3 is 20.1 Å². The summed E-state index contributed by atoms with van der Waals surface area (Å²) < 4.78 is 37.3. The molecule has 1 fully saturated rings. The van der Waals surface area contributed by atoms with Crippen LogP contribution in [0.3, 0.4) is 0 Å². The summed E-state index contributed by atoms with van der Waals surface area (Å²) in [5.41, 5.74) is 8.46. The van der Waals surface area contributed by atoms with Gasteiger partial charge in [0, 0.05) is 47.7 Å². The molecule has 2 N–H and O–H groups in total. The van der Waals surface area contributed by atoms with Crippen molar-refractivity contribution in [2.45, 2.75) is 4.90 Å². The van der Waals surface area contributed by atoms with E-state index in [9.17, 15) is 8.42 Å². The smallest absolute Gasteiger partial charge is 0.219 e. The fraction of sp³-hybridized carbons (Fsp3) is 0.217. The van der Waals surface area contributed by atoms with E-state index in [0.717, 1.165) is 5.69 Å². The molecule has 0 radical (unpaired) electrons. The van der Waals surface area contributed by atoms with Crippen LogP contribution in [0.5, 0.6) is 5.75 Å². The maximum absolute atomic E-state index is 13.3. The van der Waals surface area contributed by atoms with Crippen LogP contribution in [0.4, 0.5) is 11.6 Å². The molecule has 2 heterocycles. The molecule has 9 heteroatoms. The van der Waals surface area contributed by atoms with Gasteiger partial charge in [-0.05, 0) is 35.9 Å². The van der Waals surface area contributed by atoms with Gasteiger partial charge in [-0.1, -0.05) is 18.2 Å². The first-order valence-electron chi connectivity index (χ1n) is 10.1. The van der Waals surface area contributed by atoms with Gasteiger partial charge >= 0.3 is 0 Å². The van der Waals surface area contributed by atoms with Crippen molar-refractivity contribution in [1.82, 2.24) is 9.97 Å². The minimum atomic E-state index is -3.74. The van der Waals surface area contributed by atoms with E-state index in [2.05, 4.69) is 14.9 Å². The number of sulfone groups is 1. The molecule has 0 atom stereocenters. The highest BCUT2D eigenvalue weighted by Crippen LogP contribution is 2.30. The van der Waals surface area contributed by atoms with Crippen LogP contribution in [-0.4, -0.2) is 51.8 Å². The summed E-state index contributed by atoms with van der Waals surface area (Å²) in [6.45, 7) is 2.53. The highest BCUT2D eigenvalue weighted by Gasteiger charge is 2.19. The molecule has 0 amide bonds. The second-order valence-corrected chi connectivity index (χ2v) is 9.07. The molecule has 8 nitrogen and oxygen atoms in total. The largest absolute Gasteiger partial charge is 0.496 e. The zero-order valence-electron chi connectivity index (χ0n) is 17.6. The van der Waals surface area contributed by atoms with Crippen LogP contribution in [0, 0.1) is 0 Å². The van der Waals surface area contributed by atoms with Crippen molar-refractivity contribution in [2.24, 2.45) is 0 Å². The fourth-order valence-corrected chi connectivity index (χ4v) is 4.51. The molecule has 1 aliphatic heterocycles. The van der Waals surface area contributed by atoms with Crippen molar-refractivity contribution < 1.29 is 17.9 Å². The molecular weight excluding hydrogens is 428 g/mol. The van der Waals surface area contributed by atoms with Crippen molar-refractivity contribution in [3.05, 3.63) is 65.8 Å². The Kier molecular flexibility index (Phi) is 6.38. The maximum Gasteiger partial charge on any atom is 0.219 e. The second kappa shape index (κ2) is 9.37. The summed E-state index contributed by atoms with van der Waals surface area (Å²) >= 11 is 0. The fourth-order valence-electron chi connectivity index (χ4n) is 3.45. The molecule has 0 aliphatic carbocycles. The van der Waals surface area contributed by atoms with E-state index in [1.54, 1.807) is 49.8 Å². The zero-order chi connectivity index (χ0) is 22.6. The van der Waals surface area contributed by atoms with Crippen molar-refractivity contribution in [3.8, 4) is 16.9 Å². The van der Waals surface area contributed by atoms with Crippen LogP contribution in [0.25, 0.3) is 17.2 Å². The van der Waals surface area contributed by atoms with Crippen molar-refractivity contribution >= 4 is 27.5 Å². The molecule has 1 saturated heterocycles. The molecular formula is C23H24N4O4S. The molecule has 0 unspecified atom stereocenters. The first kappa shape index (κ1) is 21.8. The number of nitrogens with zero attached hydrogens (tertiary/aromatic N) is 3. The average Bonchev–Trinajstić information content (AvgIpc) is 2.83. The molecule has 3 aromatic rings. The molecule has 166 valence electrons. The van der Waals surface area contributed by atoms with Gasteiger partial charge in [-0.25, -0.2) is 18.4 Å². The molecule has 32 heavy (non-hydrogen) atoms. The average molecular weight is 453 g/mol. The van der Waals surface area contributed by atoms with Crippen molar-refractivity contribution in [3.63, 3.8) is 0 Å². The van der Waals surface area contributed by atoms with Crippen molar-refractivity contribution in [2.75, 3.05) is 44.0 Å². The number of benzene rings is 2. The predicted octanol–water partition coefficient (Wildman–Crippen LogP) is 3.02. The normalized spacial score (nSPS) is 14.6. The van der Waals surface area contributed by atoms with E-state index in [1.165, 1.54) is 5.41 Å². The summed E-state index contributed by atoms with van der Waals surface area (Å²) in [4.78, 5) is 10.4. The molecule has 2 aromatic carbocycles. The van der Waals surface area contributed by atoms with Gasteiger partial charge in [0.2, 0.25) is 5.95 Å². The van der Waals surface area contributed by atoms with Crippen LogP contribution in [0.15, 0.2) is 65.2 Å². The van der Waals surface area contributed by atoms with E-state index in [0.29, 0.717) is 48.7 Å². The predicted molar refractivity (Wildman–Crippen MR) is 124 cm³/mol. The van der Waals surface area contributed by atoms with E-state index in [4.69, 9.17) is 15.2 Å². The molecule has 4 rings (SSSR count). The van der Waals surface area contributed by atoms with Crippen molar-refractivity contribution in [1.29, 1.82) is 0 Å². The van der Waals surface area contributed by atoms with E-state index >= 15 is 0 Å². The Morgan fingerprint density at radius 2 is 1.78 bits per heavy atom. The maximum atomic E-state index is 13.3. The lowest BCUT2D eigenvalue weighted by Crippen LogP contribution is -2.36. The number of anilines is 2. The number of nitrogen functional groups attached to an aromatic ring is 1. The monoisotopic (exact) mass is 452 g/mol. The van der Waals surface area contributed by atoms with Gasteiger partial charge in [0.25, 0.3) is 0 Å². The number of aromatic nitrogens is 2. The van der Waals surface area contributed by atoms with Gasteiger partial charge in [-0.15, -0.1) is 0 Å². The third-order valence-corrected chi connectivity index (χ3v) is 6.55. The highest BCUT2D eigenvalue weighted by molar-refractivity contribution is 7.94. The van der Waals surface area contributed by atoms with Gasteiger partial charge in [-0.3, -0.25) is 0 Å². The first-order valence-corrected chi connectivity index (χ1v) is 11.6. The summed E-state index contributed by atoms with van der Waals surface area (Å²) in [7, 11) is -2.19. The van der Waals surface area contributed by atoms with Gasteiger partial charge in [0.05, 0.1) is 25.2 Å². The summed E-state index contributed by atoms with van der Waals surface area (Å²) in [6, 6.07) is 12.5. The first-order chi connectivity index (χ1) is 15.5. The summed E-state index contributed by atoms with van der Waals surface area (Å²) in [5, 5.41) is 1.20. The van der Waals surface area contributed by atoms with Crippen LogP contribution in [0.1, 0.15) is 5.56 Å². The third-order valence-electron chi connectivity index (χ3n) is 5.17. The Hall–Kier alpha value is -3.43. The quantitative estimate of drug-likeness (QED) is 0.608. The number of morpholine rings is 1. The number of rotatable bonds is 6. The van der Waals surface area contributed by atoms with Gasteiger partial charge in [-0.2, -0.15) is 0 Å². The Balaban J connectivity index is 1.76. The van der Waals surface area contributed by atoms with Gasteiger partial charge in [0.15, 0.2) is 9.84 Å². The Morgan fingerprint density at radius 1 is 1.06 bits per heavy atom. The van der Waals surface area contributed by atoms with Crippen LogP contribution >= 0.6 is 0 Å². The zero-order valence-corrected chi connectivity index (χ0v) is 18.5. The summed E-state index contributed by atoms with van der Waals surface area (Å²) in [6.07, 6.45) is 4.71. The number of para-hydroxylation sites is 1. The summed E-state index contributed by atoms with van der Waals surface area (Å²) in [5.74, 6) is 0.756.